The zero-order chi connectivity index (χ0) is 13.1. The van der Waals surface area contributed by atoms with Gasteiger partial charge in [-0.1, -0.05) is 34.6 Å². The normalized spacial score (nSPS) is 10.6. The molecule has 0 aliphatic rings. The van der Waals surface area contributed by atoms with Gasteiger partial charge in [-0.15, -0.1) is 0 Å². The van der Waals surface area contributed by atoms with Gasteiger partial charge in [0.1, 0.15) is 11.7 Å². The molecule has 0 spiro atoms. The van der Waals surface area contributed by atoms with Crippen molar-refractivity contribution in [1.29, 1.82) is 5.41 Å². The van der Waals surface area contributed by atoms with Crippen LogP contribution in [0.3, 0.4) is 0 Å². The van der Waals surface area contributed by atoms with Crippen molar-refractivity contribution in [2.24, 2.45) is 5.73 Å². The van der Waals surface area contributed by atoms with Gasteiger partial charge in [-0.05, 0) is 29.7 Å². The van der Waals surface area contributed by atoms with Gasteiger partial charge in [0.25, 0.3) is 0 Å². The van der Waals surface area contributed by atoms with Gasteiger partial charge < -0.3 is 5.73 Å². The van der Waals surface area contributed by atoms with Crippen LogP contribution in [-0.2, 0) is 6.42 Å². The van der Waals surface area contributed by atoms with Gasteiger partial charge in [-0.2, -0.15) is 4.37 Å². The average molecular weight is 343 g/mol. The lowest BCUT2D eigenvalue weighted by Crippen LogP contribution is -2.12. The number of nitrogens with two attached hydrogens (primary N) is 1. The second-order valence-corrected chi connectivity index (χ2v) is 6.44. The first-order valence-electron chi connectivity index (χ1n) is 5.24. The molecule has 4 nitrogen and oxygen atoms in total. The van der Waals surface area contributed by atoms with Crippen LogP contribution in [0.2, 0.25) is 0 Å². The van der Waals surface area contributed by atoms with Crippen molar-refractivity contribution in [3.8, 4) is 0 Å². The summed E-state index contributed by atoms with van der Waals surface area (Å²) in [5.41, 5.74) is 6.29. The van der Waals surface area contributed by atoms with E-state index in [1.807, 2.05) is 25.1 Å². The SMILES string of the molecule is CCc1nsc(Sc2cc(Br)ccc2C(=N)N)n1. The summed E-state index contributed by atoms with van der Waals surface area (Å²) in [5, 5.41) is 7.57. The van der Waals surface area contributed by atoms with Crippen molar-refractivity contribution < 1.29 is 0 Å². The van der Waals surface area contributed by atoms with Gasteiger partial charge in [0.15, 0.2) is 4.34 Å². The third kappa shape index (κ3) is 3.09. The Bertz CT molecular complexity index is 582. The van der Waals surface area contributed by atoms with Crippen LogP contribution in [0.25, 0.3) is 0 Å². The van der Waals surface area contributed by atoms with E-state index in [0.29, 0.717) is 0 Å². The molecule has 18 heavy (non-hydrogen) atoms. The van der Waals surface area contributed by atoms with E-state index in [-0.39, 0.29) is 5.84 Å². The lowest BCUT2D eigenvalue weighted by atomic mass is 10.2. The molecule has 1 aromatic heterocycles. The summed E-state index contributed by atoms with van der Waals surface area (Å²) in [6.07, 6.45) is 0.828. The minimum Gasteiger partial charge on any atom is -0.384 e. The second kappa shape index (κ2) is 5.81. The highest BCUT2D eigenvalue weighted by molar-refractivity contribution is 9.10. The van der Waals surface area contributed by atoms with Gasteiger partial charge >= 0.3 is 0 Å². The van der Waals surface area contributed by atoms with Crippen molar-refractivity contribution >= 4 is 45.1 Å². The van der Waals surface area contributed by atoms with Gasteiger partial charge in [-0.25, -0.2) is 4.98 Å². The Morgan fingerprint density at radius 2 is 2.33 bits per heavy atom. The summed E-state index contributed by atoms with van der Waals surface area (Å²) >= 11 is 6.28. The Labute approximate surface area is 122 Å². The highest BCUT2D eigenvalue weighted by Gasteiger charge is 2.11. The molecule has 0 amide bonds. The molecule has 0 bridgehead atoms. The Balaban J connectivity index is 2.32. The summed E-state index contributed by atoms with van der Waals surface area (Å²) < 4.78 is 6.06. The van der Waals surface area contributed by atoms with E-state index in [4.69, 9.17) is 11.1 Å². The number of nitrogens with one attached hydrogen (secondary N) is 1. The van der Waals surface area contributed by atoms with Crippen LogP contribution in [-0.4, -0.2) is 15.2 Å². The molecule has 0 unspecified atom stereocenters. The fraction of sp³-hybridized carbons (Fsp3) is 0.182. The Morgan fingerprint density at radius 1 is 1.56 bits per heavy atom. The van der Waals surface area contributed by atoms with Gasteiger partial charge in [0.05, 0.1) is 0 Å². The van der Waals surface area contributed by atoms with Gasteiger partial charge in [0, 0.05) is 21.4 Å². The third-order valence-corrected chi connectivity index (χ3v) is 4.54. The molecule has 94 valence electrons. The van der Waals surface area contributed by atoms with Gasteiger partial charge in [0.2, 0.25) is 0 Å². The number of halogens is 1. The van der Waals surface area contributed by atoms with E-state index >= 15 is 0 Å². The van der Waals surface area contributed by atoms with Crippen LogP contribution in [0.1, 0.15) is 18.3 Å². The topological polar surface area (TPSA) is 75.7 Å². The zero-order valence-electron chi connectivity index (χ0n) is 9.61. The van der Waals surface area contributed by atoms with E-state index in [9.17, 15) is 0 Å². The average Bonchev–Trinajstić information content (AvgIpc) is 2.76. The molecule has 0 aliphatic carbocycles. The number of amidine groups is 1. The maximum Gasteiger partial charge on any atom is 0.174 e. The van der Waals surface area contributed by atoms with Crippen molar-refractivity contribution in [1.82, 2.24) is 9.36 Å². The molecule has 1 heterocycles. The number of aryl methyl sites for hydroxylation is 1. The van der Waals surface area contributed by atoms with Crippen molar-refractivity contribution in [2.45, 2.75) is 22.6 Å². The molecule has 7 heteroatoms. The molecule has 2 aromatic rings. The molecule has 0 radical (unpaired) electrons. The van der Waals surface area contributed by atoms with E-state index < -0.39 is 0 Å². The second-order valence-electron chi connectivity index (χ2n) is 3.49. The lowest BCUT2D eigenvalue weighted by molar-refractivity contribution is 0.971. The van der Waals surface area contributed by atoms with E-state index in [1.54, 1.807) is 0 Å². The minimum atomic E-state index is 0.0604. The third-order valence-electron chi connectivity index (χ3n) is 2.20. The monoisotopic (exact) mass is 342 g/mol. The fourth-order valence-corrected chi connectivity index (χ4v) is 3.68. The molecular weight excluding hydrogens is 332 g/mol. The molecule has 0 saturated heterocycles. The van der Waals surface area contributed by atoms with Crippen LogP contribution in [0.15, 0.2) is 31.9 Å². The van der Waals surface area contributed by atoms with Crippen molar-refractivity contribution in [2.75, 3.05) is 0 Å². The maximum atomic E-state index is 7.57. The summed E-state index contributed by atoms with van der Waals surface area (Å²) in [7, 11) is 0. The van der Waals surface area contributed by atoms with Gasteiger partial charge in [-0.3, -0.25) is 5.41 Å². The van der Waals surface area contributed by atoms with Crippen molar-refractivity contribution in [3.63, 3.8) is 0 Å². The highest BCUT2D eigenvalue weighted by atomic mass is 79.9. The number of hydrogen-bond acceptors (Lipinski definition) is 5. The van der Waals surface area contributed by atoms with E-state index in [2.05, 4.69) is 25.3 Å². The number of rotatable bonds is 4. The van der Waals surface area contributed by atoms with Crippen LogP contribution < -0.4 is 5.73 Å². The number of nitrogen functional groups attached to an aromatic ring is 1. The summed E-state index contributed by atoms with van der Waals surface area (Å²) in [6, 6.07) is 5.64. The first-order chi connectivity index (χ1) is 8.60. The molecule has 0 fully saturated rings. The largest absolute Gasteiger partial charge is 0.384 e. The van der Waals surface area contributed by atoms with Crippen LogP contribution in [0.4, 0.5) is 0 Å². The summed E-state index contributed by atoms with van der Waals surface area (Å²) in [5.74, 6) is 0.909. The number of hydrogen-bond donors (Lipinski definition) is 2. The van der Waals surface area contributed by atoms with Crippen LogP contribution in [0.5, 0.6) is 0 Å². The molecule has 2 rings (SSSR count). The first-order valence-corrected chi connectivity index (χ1v) is 7.63. The van der Waals surface area contributed by atoms with E-state index in [1.165, 1.54) is 23.3 Å². The Morgan fingerprint density at radius 3 is 2.94 bits per heavy atom. The first kappa shape index (κ1) is 13.5. The maximum absolute atomic E-state index is 7.57. The van der Waals surface area contributed by atoms with Crippen molar-refractivity contribution in [3.05, 3.63) is 34.1 Å². The Kier molecular flexibility index (Phi) is 4.36. The quantitative estimate of drug-likeness (QED) is 0.660. The number of aromatic nitrogens is 2. The molecule has 0 atom stereocenters. The van der Waals surface area contributed by atoms with E-state index in [0.717, 1.165) is 31.5 Å². The van der Waals surface area contributed by atoms with Crippen LogP contribution >= 0.6 is 39.2 Å². The highest BCUT2D eigenvalue weighted by Crippen LogP contribution is 2.33. The molecular formula is C11H11BrN4S2. The molecule has 1 aromatic carbocycles. The number of benzene rings is 1. The zero-order valence-corrected chi connectivity index (χ0v) is 12.8. The summed E-state index contributed by atoms with van der Waals surface area (Å²) in [4.78, 5) is 5.31. The molecule has 0 saturated carbocycles. The predicted molar refractivity (Wildman–Crippen MR) is 78.6 cm³/mol. The standard InChI is InChI=1S/C11H11BrN4S2/c1-2-9-15-11(18-16-9)17-8-5-6(12)3-4-7(8)10(13)14/h3-5H,2H2,1H3,(H3,13,14). The predicted octanol–water partition coefficient (Wildman–Crippen LogP) is 3.30. The smallest absolute Gasteiger partial charge is 0.174 e. The minimum absolute atomic E-state index is 0.0604. The molecule has 3 N–H and O–H groups in total. The molecule has 0 aliphatic heterocycles. The van der Waals surface area contributed by atoms with Crippen LogP contribution in [0, 0.1) is 5.41 Å². The number of nitrogens with zero attached hydrogens (tertiary/aromatic N) is 2. The lowest BCUT2D eigenvalue weighted by Gasteiger charge is -2.06. The fourth-order valence-electron chi connectivity index (χ4n) is 1.32. The Hall–Kier alpha value is -0.920. The summed E-state index contributed by atoms with van der Waals surface area (Å²) in [6.45, 7) is 2.02.